The number of carboxylic acid groups (broad SMARTS) is 1. The van der Waals surface area contributed by atoms with Crippen molar-refractivity contribution in [3.8, 4) is 11.5 Å². The number of benzene rings is 2. The monoisotopic (exact) mass is 459 g/mol. The highest BCUT2D eigenvalue weighted by molar-refractivity contribution is 9.10. The molecular weight excluding hydrogens is 444 g/mol. The molecule has 0 atom stereocenters. The van der Waals surface area contributed by atoms with Crippen molar-refractivity contribution in [1.29, 1.82) is 0 Å². The van der Waals surface area contributed by atoms with Crippen LogP contribution in [0.3, 0.4) is 0 Å². The van der Waals surface area contributed by atoms with E-state index < -0.39 is 17.8 Å². The van der Waals surface area contributed by atoms with Gasteiger partial charge in [-0.1, -0.05) is 22.0 Å². The molecule has 0 fully saturated rings. The van der Waals surface area contributed by atoms with Crippen LogP contribution in [0.4, 0.5) is 0 Å². The summed E-state index contributed by atoms with van der Waals surface area (Å²) in [4.78, 5) is 35.6. The van der Waals surface area contributed by atoms with E-state index in [1.165, 1.54) is 6.08 Å². The average Bonchev–Trinajstić information content (AvgIpc) is 3.15. The third-order valence-corrected chi connectivity index (χ3v) is 4.45. The Bertz CT molecular complexity index is 971. The predicted molar refractivity (Wildman–Crippen MR) is 105 cm³/mol. The van der Waals surface area contributed by atoms with Crippen LogP contribution >= 0.6 is 15.9 Å². The Morgan fingerprint density at radius 3 is 2.52 bits per heavy atom. The lowest BCUT2D eigenvalue weighted by molar-refractivity contribution is -0.305. The number of ether oxygens (including phenoxy) is 2. The first-order valence-electron chi connectivity index (χ1n) is 8.58. The fourth-order valence-electron chi connectivity index (χ4n) is 2.50. The number of carbonyl (C=O) groups excluding carboxylic acids is 3. The summed E-state index contributed by atoms with van der Waals surface area (Å²) in [6.45, 7) is -0.0207. The van der Waals surface area contributed by atoms with E-state index in [0.29, 0.717) is 22.6 Å². The highest BCUT2D eigenvalue weighted by atomic mass is 79.9. The van der Waals surface area contributed by atoms with E-state index in [9.17, 15) is 19.5 Å². The summed E-state index contributed by atoms with van der Waals surface area (Å²) in [5.41, 5.74) is 0.901. The van der Waals surface area contributed by atoms with Crippen LogP contribution in [0, 0.1) is 0 Å². The zero-order valence-corrected chi connectivity index (χ0v) is 16.7. The fraction of sp³-hybridized carbons (Fsp3) is 0.150. The standard InChI is InChI=1S/C20H17BrN2O6/c21-14-4-2-13(3-5-14)19(26)23-15(20(27)22-8-7-18(24)25)9-12-1-6-16-17(10-12)29-11-28-16/h1-6,9-10H,7-8,11H2,(H,22,27)(H,23,26)(H,24,25)/p-1/b15-9+. The number of halogens is 1. The number of rotatable bonds is 7. The molecule has 1 heterocycles. The fourth-order valence-corrected chi connectivity index (χ4v) is 2.76. The summed E-state index contributed by atoms with van der Waals surface area (Å²) in [5.74, 6) is -1.30. The minimum atomic E-state index is -1.29. The first kappa shape index (κ1) is 20.4. The second kappa shape index (κ2) is 9.24. The molecule has 0 unspecified atom stereocenters. The highest BCUT2D eigenvalue weighted by Crippen LogP contribution is 2.33. The summed E-state index contributed by atoms with van der Waals surface area (Å²) in [7, 11) is 0. The molecule has 1 aliphatic rings. The van der Waals surface area contributed by atoms with Crippen LogP contribution in [0.2, 0.25) is 0 Å². The van der Waals surface area contributed by atoms with Gasteiger partial charge < -0.3 is 30.0 Å². The Morgan fingerprint density at radius 1 is 1.07 bits per heavy atom. The highest BCUT2D eigenvalue weighted by Gasteiger charge is 2.17. The van der Waals surface area contributed by atoms with Crippen LogP contribution in [0.15, 0.2) is 52.6 Å². The topological polar surface area (TPSA) is 117 Å². The van der Waals surface area contributed by atoms with Gasteiger partial charge in [0.05, 0.1) is 0 Å². The van der Waals surface area contributed by atoms with E-state index in [1.54, 1.807) is 42.5 Å². The van der Waals surface area contributed by atoms with Crippen molar-refractivity contribution < 1.29 is 29.0 Å². The lowest BCUT2D eigenvalue weighted by atomic mass is 10.1. The molecule has 0 saturated carbocycles. The maximum absolute atomic E-state index is 12.5. The number of nitrogens with one attached hydrogen (secondary N) is 2. The SMILES string of the molecule is O=C([O-])CCNC(=O)/C(=C\c1ccc2c(c1)OCO2)NC(=O)c1ccc(Br)cc1. The summed E-state index contributed by atoms with van der Waals surface area (Å²) < 4.78 is 11.4. The van der Waals surface area contributed by atoms with Crippen LogP contribution in [0.5, 0.6) is 11.5 Å². The zero-order chi connectivity index (χ0) is 20.8. The Morgan fingerprint density at radius 2 is 1.79 bits per heavy atom. The zero-order valence-electron chi connectivity index (χ0n) is 15.1. The predicted octanol–water partition coefficient (Wildman–Crippen LogP) is 1.20. The lowest BCUT2D eigenvalue weighted by Crippen LogP contribution is -2.37. The Kier molecular flexibility index (Phi) is 6.50. The molecule has 29 heavy (non-hydrogen) atoms. The van der Waals surface area contributed by atoms with E-state index in [2.05, 4.69) is 26.6 Å². The van der Waals surface area contributed by atoms with Crippen molar-refractivity contribution in [1.82, 2.24) is 10.6 Å². The van der Waals surface area contributed by atoms with E-state index in [0.717, 1.165) is 4.47 Å². The van der Waals surface area contributed by atoms with E-state index in [-0.39, 0.29) is 25.5 Å². The smallest absolute Gasteiger partial charge is 0.267 e. The van der Waals surface area contributed by atoms with Crippen LogP contribution in [0.1, 0.15) is 22.3 Å². The van der Waals surface area contributed by atoms with Gasteiger partial charge in [-0.15, -0.1) is 0 Å². The van der Waals surface area contributed by atoms with Gasteiger partial charge in [0, 0.05) is 29.0 Å². The normalized spacial score (nSPS) is 12.4. The quantitative estimate of drug-likeness (QED) is 0.600. The van der Waals surface area contributed by atoms with E-state index in [4.69, 9.17) is 9.47 Å². The number of fused-ring (bicyclic) bond motifs is 1. The molecule has 3 rings (SSSR count). The number of amides is 2. The Labute approximate surface area is 174 Å². The van der Waals surface area contributed by atoms with Crippen molar-refractivity contribution in [2.24, 2.45) is 0 Å². The number of hydrogen-bond acceptors (Lipinski definition) is 6. The maximum atomic E-state index is 12.5. The third-order valence-electron chi connectivity index (χ3n) is 3.92. The van der Waals surface area contributed by atoms with Gasteiger partial charge in [-0.25, -0.2) is 0 Å². The van der Waals surface area contributed by atoms with Gasteiger partial charge in [0.1, 0.15) is 5.70 Å². The van der Waals surface area contributed by atoms with Gasteiger partial charge in [-0.2, -0.15) is 0 Å². The van der Waals surface area contributed by atoms with Gasteiger partial charge in [-0.3, -0.25) is 9.59 Å². The third kappa shape index (κ3) is 5.58. The van der Waals surface area contributed by atoms with Crippen molar-refractivity contribution >= 4 is 39.8 Å². The molecule has 150 valence electrons. The van der Waals surface area contributed by atoms with Crippen molar-refractivity contribution in [3.05, 3.63) is 63.8 Å². The van der Waals surface area contributed by atoms with E-state index in [1.807, 2.05) is 0 Å². The molecule has 0 radical (unpaired) electrons. The molecule has 2 aromatic carbocycles. The summed E-state index contributed by atoms with van der Waals surface area (Å²) in [6.07, 6.45) is 1.12. The molecule has 0 aliphatic carbocycles. The second-order valence-corrected chi connectivity index (χ2v) is 6.93. The molecule has 0 spiro atoms. The average molecular weight is 460 g/mol. The first-order chi connectivity index (χ1) is 13.9. The van der Waals surface area contributed by atoms with Gasteiger partial charge in [0.2, 0.25) is 6.79 Å². The molecule has 2 N–H and O–H groups in total. The van der Waals surface area contributed by atoms with Crippen LogP contribution in [0.25, 0.3) is 6.08 Å². The van der Waals surface area contributed by atoms with Crippen molar-refractivity contribution in [2.45, 2.75) is 6.42 Å². The number of hydrogen-bond donors (Lipinski definition) is 2. The molecule has 0 bridgehead atoms. The molecule has 9 heteroatoms. The van der Waals surface area contributed by atoms with Crippen molar-refractivity contribution in [3.63, 3.8) is 0 Å². The summed E-state index contributed by atoms with van der Waals surface area (Å²) in [5, 5.41) is 15.6. The summed E-state index contributed by atoms with van der Waals surface area (Å²) in [6, 6.07) is 11.7. The number of carboxylic acids is 1. The van der Waals surface area contributed by atoms with Gasteiger partial charge in [0.15, 0.2) is 11.5 Å². The number of aliphatic carboxylic acids is 1. The minimum absolute atomic E-state index is 0.0462. The van der Waals surface area contributed by atoms with Crippen LogP contribution < -0.4 is 25.2 Å². The van der Waals surface area contributed by atoms with E-state index >= 15 is 0 Å². The molecule has 0 saturated heterocycles. The molecule has 2 amide bonds. The number of carbonyl (C=O) groups is 3. The molecule has 2 aromatic rings. The molecular formula is C20H16BrN2O6-. The lowest BCUT2D eigenvalue weighted by Gasteiger charge is -2.12. The second-order valence-electron chi connectivity index (χ2n) is 6.01. The minimum Gasteiger partial charge on any atom is -0.550 e. The van der Waals surface area contributed by atoms with Crippen LogP contribution in [-0.4, -0.2) is 31.1 Å². The first-order valence-corrected chi connectivity index (χ1v) is 9.38. The molecule has 8 nitrogen and oxygen atoms in total. The largest absolute Gasteiger partial charge is 0.550 e. The molecule has 1 aliphatic heterocycles. The van der Waals surface area contributed by atoms with Gasteiger partial charge >= 0.3 is 0 Å². The van der Waals surface area contributed by atoms with Gasteiger partial charge in [0.25, 0.3) is 11.8 Å². The molecule has 0 aromatic heterocycles. The Balaban J connectivity index is 1.82. The van der Waals surface area contributed by atoms with Gasteiger partial charge in [-0.05, 0) is 48.0 Å². The Hall–Kier alpha value is -3.33. The van der Waals surface area contributed by atoms with Crippen LogP contribution in [-0.2, 0) is 9.59 Å². The van der Waals surface area contributed by atoms with Crippen molar-refractivity contribution in [2.75, 3.05) is 13.3 Å². The maximum Gasteiger partial charge on any atom is 0.267 e. The summed E-state index contributed by atoms with van der Waals surface area (Å²) >= 11 is 3.30.